The lowest BCUT2D eigenvalue weighted by Gasteiger charge is -2.26. The molecule has 0 saturated heterocycles. The maximum Gasteiger partial charge on any atom is 0.269 e. The summed E-state index contributed by atoms with van der Waals surface area (Å²) in [5.41, 5.74) is 1.36. The van der Waals surface area contributed by atoms with Crippen molar-refractivity contribution in [2.24, 2.45) is 0 Å². The van der Waals surface area contributed by atoms with Gasteiger partial charge in [0.25, 0.3) is 22.7 Å². The second-order valence-electron chi connectivity index (χ2n) is 8.29. The third-order valence-electron chi connectivity index (χ3n) is 5.90. The Bertz CT molecular complexity index is 1290. The number of rotatable bonds is 10. The molecular formula is C26H18N4O9. The number of nitro benzene ring substituents is 4. The summed E-state index contributed by atoms with van der Waals surface area (Å²) in [6.07, 6.45) is -1.80. The Morgan fingerprint density at radius 2 is 0.564 bits per heavy atom. The second-order valence-corrected chi connectivity index (χ2v) is 8.29. The van der Waals surface area contributed by atoms with E-state index in [1.807, 2.05) is 0 Å². The van der Waals surface area contributed by atoms with E-state index in [0.717, 1.165) is 0 Å². The largest absolute Gasteiger partial charge is 0.356 e. The fourth-order valence-corrected chi connectivity index (χ4v) is 3.92. The molecule has 0 aliphatic carbocycles. The van der Waals surface area contributed by atoms with Crippen molar-refractivity contribution in [2.75, 3.05) is 0 Å². The minimum absolute atomic E-state index is 0.150. The molecule has 39 heavy (non-hydrogen) atoms. The predicted octanol–water partition coefficient (Wildman–Crippen LogP) is 6.22. The summed E-state index contributed by atoms with van der Waals surface area (Å²) in [6, 6.07) is 22.3. The van der Waals surface area contributed by atoms with E-state index in [4.69, 9.17) is 4.74 Å². The van der Waals surface area contributed by atoms with Crippen molar-refractivity contribution in [3.05, 3.63) is 160 Å². The molecule has 4 aromatic carbocycles. The number of nitro groups is 4. The summed E-state index contributed by atoms with van der Waals surface area (Å²) >= 11 is 0. The van der Waals surface area contributed by atoms with Gasteiger partial charge < -0.3 is 4.74 Å². The third-order valence-corrected chi connectivity index (χ3v) is 5.90. The van der Waals surface area contributed by atoms with E-state index in [1.54, 1.807) is 0 Å². The zero-order valence-corrected chi connectivity index (χ0v) is 19.9. The van der Waals surface area contributed by atoms with Gasteiger partial charge in [0.15, 0.2) is 0 Å². The van der Waals surface area contributed by atoms with Crippen LogP contribution >= 0.6 is 0 Å². The van der Waals surface area contributed by atoms with Crippen molar-refractivity contribution in [1.82, 2.24) is 0 Å². The van der Waals surface area contributed by atoms with Crippen LogP contribution < -0.4 is 0 Å². The first-order valence-electron chi connectivity index (χ1n) is 11.3. The number of benzene rings is 4. The highest BCUT2D eigenvalue weighted by atomic mass is 16.6. The van der Waals surface area contributed by atoms with Crippen molar-refractivity contribution >= 4 is 22.7 Å². The molecule has 0 aliphatic heterocycles. The molecule has 13 nitrogen and oxygen atoms in total. The Morgan fingerprint density at radius 3 is 0.718 bits per heavy atom. The molecule has 0 fully saturated rings. The quantitative estimate of drug-likeness (QED) is 0.170. The summed E-state index contributed by atoms with van der Waals surface area (Å²) in [4.78, 5) is 42.5. The molecule has 196 valence electrons. The van der Waals surface area contributed by atoms with Crippen LogP contribution in [0.15, 0.2) is 97.1 Å². The molecule has 0 aromatic heterocycles. The second kappa shape index (κ2) is 11.2. The lowest BCUT2D eigenvalue weighted by Crippen LogP contribution is -2.13. The molecule has 4 aromatic rings. The molecule has 0 aliphatic rings. The van der Waals surface area contributed by atoms with Crippen LogP contribution in [0.4, 0.5) is 22.7 Å². The summed E-state index contributed by atoms with van der Waals surface area (Å²) in [5.74, 6) is 0. The van der Waals surface area contributed by atoms with Gasteiger partial charge in [-0.25, -0.2) is 0 Å². The monoisotopic (exact) mass is 530 g/mol. The first-order valence-corrected chi connectivity index (χ1v) is 11.3. The Kier molecular flexibility index (Phi) is 7.63. The third kappa shape index (κ3) is 6.06. The number of hydrogen-bond donors (Lipinski definition) is 0. The average molecular weight is 530 g/mol. The van der Waals surface area contributed by atoms with Gasteiger partial charge in [-0.2, -0.15) is 0 Å². The molecule has 4 rings (SSSR count). The van der Waals surface area contributed by atoms with Gasteiger partial charge >= 0.3 is 0 Å². The van der Waals surface area contributed by atoms with Gasteiger partial charge in [0.2, 0.25) is 0 Å². The molecule has 0 N–H and O–H groups in total. The summed E-state index contributed by atoms with van der Waals surface area (Å²) in [6.45, 7) is 0. The lowest BCUT2D eigenvalue weighted by molar-refractivity contribution is -0.385. The zero-order valence-electron chi connectivity index (χ0n) is 19.9. The van der Waals surface area contributed by atoms with E-state index in [1.165, 1.54) is 97.1 Å². The molecule has 0 unspecified atom stereocenters. The fraction of sp³-hybridized carbons (Fsp3) is 0.0769. The minimum atomic E-state index is -0.901. The Balaban J connectivity index is 1.82. The molecular weight excluding hydrogens is 512 g/mol. The molecule has 0 saturated carbocycles. The van der Waals surface area contributed by atoms with Gasteiger partial charge in [-0.05, 0) is 70.8 Å². The van der Waals surface area contributed by atoms with Crippen LogP contribution in [-0.4, -0.2) is 19.7 Å². The van der Waals surface area contributed by atoms with E-state index in [2.05, 4.69) is 0 Å². The Morgan fingerprint density at radius 1 is 0.385 bits per heavy atom. The molecule has 0 bridgehead atoms. The summed E-state index contributed by atoms with van der Waals surface area (Å²) < 4.78 is 6.52. The van der Waals surface area contributed by atoms with Crippen LogP contribution in [0.25, 0.3) is 0 Å². The van der Waals surface area contributed by atoms with Gasteiger partial charge in [0, 0.05) is 48.5 Å². The van der Waals surface area contributed by atoms with Gasteiger partial charge in [0.1, 0.15) is 12.2 Å². The number of nitrogens with zero attached hydrogens (tertiary/aromatic N) is 4. The van der Waals surface area contributed by atoms with Crippen LogP contribution in [0.2, 0.25) is 0 Å². The topological polar surface area (TPSA) is 182 Å². The summed E-state index contributed by atoms with van der Waals surface area (Å²) in [5, 5.41) is 44.7. The van der Waals surface area contributed by atoms with Gasteiger partial charge in [-0.1, -0.05) is 0 Å². The van der Waals surface area contributed by atoms with Crippen LogP contribution in [0.3, 0.4) is 0 Å². The maximum atomic E-state index is 11.2. The lowest BCUT2D eigenvalue weighted by atomic mass is 9.97. The first kappa shape index (κ1) is 26.5. The number of hydrogen-bond acceptors (Lipinski definition) is 9. The van der Waals surface area contributed by atoms with Gasteiger partial charge in [-0.15, -0.1) is 0 Å². The standard InChI is InChI=1S/C26H18N4O9/c31-27(32)21-9-1-17(2-10-21)25(18-3-11-22(12-4-18)28(33)34)39-26(19-5-13-23(14-6-19)29(35)36)20-7-15-24(16-8-20)30(37)38/h1-16,25-26H. The Hall–Kier alpha value is -5.56. The van der Waals surface area contributed by atoms with Gasteiger partial charge in [0.05, 0.1) is 19.7 Å². The van der Waals surface area contributed by atoms with Crippen molar-refractivity contribution < 1.29 is 24.4 Å². The normalized spacial score (nSPS) is 10.9. The van der Waals surface area contributed by atoms with Crippen molar-refractivity contribution in [3.8, 4) is 0 Å². The van der Waals surface area contributed by atoms with Crippen LogP contribution in [-0.2, 0) is 4.74 Å². The Labute approximate surface area is 219 Å². The highest BCUT2D eigenvalue weighted by Gasteiger charge is 2.25. The van der Waals surface area contributed by atoms with E-state index in [9.17, 15) is 40.5 Å². The molecule has 0 heterocycles. The van der Waals surface area contributed by atoms with Crippen LogP contribution in [0.1, 0.15) is 34.5 Å². The molecule has 13 heteroatoms. The van der Waals surface area contributed by atoms with E-state index in [-0.39, 0.29) is 22.7 Å². The van der Waals surface area contributed by atoms with Crippen LogP contribution in [0, 0.1) is 40.5 Å². The highest BCUT2D eigenvalue weighted by molar-refractivity contribution is 5.43. The van der Waals surface area contributed by atoms with E-state index in [0.29, 0.717) is 22.3 Å². The van der Waals surface area contributed by atoms with Crippen LogP contribution in [0.5, 0.6) is 0 Å². The smallest absolute Gasteiger partial charge is 0.269 e. The number of non-ortho nitro benzene ring substituents is 4. The van der Waals surface area contributed by atoms with Crippen molar-refractivity contribution in [2.45, 2.75) is 12.2 Å². The van der Waals surface area contributed by atoms with E-state index < -0.39 is 31.9 Å². The highest BCUT2D eigenvalue weighted by Crippen LogP contribution is 2.38. The van der Waals surface area contributed by atoms with Crippen molar-refractivity contribution in [3.63, 3.8) is 0 Å². The molecule has 0 amide bonds. The fourth-order valence-electron chi connectivity index (χ4n) is 3.92. The predicted molar refractivity (Wildman–Crippen MR) is 137 cm³/mol. The number of ether oxygens (including phenoxy) is 1. The summed E-state index contributed by atoms with van der Waals surface area (Å²) in [7, 11) is 0. The maximum absolute atomic E-state index is 11.2. The average Bonchev–Trinajstić information content (AvgIpc) is 2.94. The van der Waals surface area contributed by atoms with Gasteiger partial charge in [-0.3, -0.25) is 40.5 Å². The minimum Gasteiger partial charge on any atom is -0.356 e. The molecule has 0 radical (unpaired) electrons. The zero-order chi connectivity index (χ0) is 28.1. The molecule has 0 atom stereocenters. The van der Waals surface area contributed by atoms with Crippen molar-refractivity contribution in [1.29, 1.82) is 0 Å². The van der Waals surface area contributed by atoms with E-state index >= 15 is 0 Å². The molecule has 0 spiro atoms. The SMILES string of the molecule is O=[N+]([O-])c1ccc(C(OC(c2ccc([N+](=O)[O-])cc2)c2ccc([N+](=O)[O-])cc2)c2ccc([N+](=O)[O-])cc2)cc1. The first-order chi connectivity index (χ1) is 18.6.